The highest BCUT2D eigenvalue weighted by molar-refractivity contribution is 7.97. The number of carbonyl (C=O) groups is 1. The Balaban J connectivity index is 2.15. The van der Waals surface area contributed by atoms with Crippen molar-refractivity contribution >= 4 is 17.9 Å². The molecule has 1 fully saturated rings. The minimum atomic E-state index is -0.262. The average Bonchev–Trinajstić information content (AvgIpc) is 2.82. The maximum absolute atomic E-state index is 11.6. The Labute approximate surface area is 99.9 Å². The number of hydrogen-bond acceptors (Lipinski definition) is 4. The van der Waals surface area contributed by atoms with Crippen molar-refractivity contribution in [3.63, 3.8) is 0 Å². The zero-order chi connectivity index (χ0) is 11.4. The summed E-state index contributed by atoms with van der Waals surface area (Å²) in [4.78, 5) is 12.5. The largest absolute Gasteiger partial charge is 0.465 e. The second kappa shape index (κ2) is 5.37. The van der Waals surface area contributed by atoms with Crippen molar-refractivity contribution in [1.29, 1.82) is 0 Å². The number of methoxy groups -OCH3 is 1. The quantitative estimate of drug-likeness (QED) is 0.597. The van der Waals surface area contributed by atoms with Gasteiger partial charge in [-0.15, -0.1) is 0 Å². The van der Waals surface area contributed by atoms with Gasteiger partial charge in [0, 0.05) is 18.0 Å². The summed E-state index contributed by atoms with van der Waals surface area (Å²) in [5.74, 6) is -0.262. The second-order valence-corrected chi connectivity index (χ2v) is 4.85. The molecule has 1 aromatic rings. The van der Waals surface area contributed by atoms with E-state index in [4.69, 9.17) is 4.74 Å². The lowest BCUT2D eigenvalue weighted by Gasteiger charge is -2.15. The standard InChI is InChI=1S/C12H15NO2S/c1-15-12(14)10-6-2-3-7-11(10)16-13-8-4-5-9-13/h2-3,6-7H,4-5,8-9H2,1H3. The van der Waals surface area contributed by atoms with E-state index < -0.39 is 0 Å². The molecule has 0 saturated carbocycles. The van der Waals surface area contributed by atoms with E-state index in [1.807, 2.05) is 24.3 Å². The van der Waals surface area contributed by atoms with E-state index in [0.717, 1.165) is 18.0 Å². The van der Waals surface area contributed by atoms with Crippen molar-refractivity contribution in [2.45, 2.75) is 17.7 Å². The van der Waals surface area contributed by atoms with Gasteiger partial charge in [-0.2, -0.15) is 0 Å². The van der Waals surface area contributed by atoms with E-state index in [0.29, 0.717) is 5.56 Å². The second-order valence-electron chi connectivity index (χ2n) is 3.72. The van der Waals surface area contributed by atoms with Gasteiger partial charge in [0.1, 0.15) is 0 Å². The minimum absolute atomic E-state index is 0.262. The van der Waals surface area contributed by atoms with Gasteiger partial charge in [0.15, 0.2) is 0 Å². The van der Waals surface area contributed by atoms with Crippen molar-refractivity contribution in [3.05, 3.63) is 29.8 Å². The van der Waals surface area contributed by atoms with Gasteiger partial charge in [0.25, 0.3) is 0 Å². The molecule has 0 unspecified atom stereocenters. The van der Waals surface area contributed by atoms with E-state index in [2.05, 4.69) is 4.31 Å². The zero-order valence-corrected chi connectivity index (χ0v) is 10.1. The molecule has 3 nitrogen and oxygen atoms in total. The lowest BCUT2D eigenvalue weighted by molar-refractivity contribution is 0.0596. The number of benzene rings is 1. The monoisotopic (exact) mass is 237 g/mol. The summed E-state index contributed by atoms with van der Waals surface area (Å²) in [7, 11) is 1.42. The van der Waals surface area contributed by atoms with Crippen LogP contribution in [0.3, 0.4) is 0 Å². The van der Waals surface area contributed by atoms with Gasteiger partial charge in [-0.25, -0.2) is 9.10 Å². The molecular weight excluding hydrogens is 222 g/mol. The molecule has 16 heavy (non-hydrogen) atoms. The van der Waals surface area contributed by atoms with Gasteiger partial charge in [-0.05, 0) is 36.9 Å². The zero-order valence-electron chi connectivity index (χ0n) is 9.31. The first kappa shape index (κ1) is 11.5. The summed E-state index contributed by atoms with van der Waals surface area (Å²) >= 11 is 1.65. The van der Waals surface area contributed by atoms with E-state index in [1.165, 1.54) is 20.0 Å². The van der Waals surface area contributed by atoms with Crippen LogP contribution in [0.4, 0.5) is 0 Å². The van der Waals surface area contributed by atoms with Crippen molar-refractivity contribution in [3.8, 4) is 0 Å². The fourth-order valence-electron chi connectivity index (χ4n) is 1.74. The first-order valence-corrected chi connectivity index (χ1v) is 6.19. The SMILES string of the molecule is COC(=O)c1ccccc1SN1CCCC1. The summed E-state index contributed by atoms with van der Waals surface area (Å²) in [5, 5.41) is 0. The Kier molecular flexibility index (Phi) is 3.85. The van der Waals surface area contributed by atoms with E-state index in [9.17, 15) is 4.79 Å². The van der Waals surface area contributed by atoms with Crippen LogP contribution in [0.2, 0.25) is 0 Å². The predicted octanol–water partition coefficient (Wildman–Crippen LogP) is 2.58. The molecule has 0 aromatic heterocycles. The van der Waals surface area contributed by atoms with E-state index in [-0.39, 0.29) is 5.97 Å². The highest BCUT2D eigenvalue weighted by atomic mass is 32.2. The molecular formula is C12H15NO2S. The van der Waals surface area contributed by atoms with E-state index in [1.54, 1.807) is 11.9 Å². The molecule has 1 heterocycles. The molecule has 0 aliphatic carbocycles. The molecule has 0 bridgehead atoms. The van der Waals surface area contributed by atoms with Crippen molar-refractivity contribution in [2.75, 3.05) is 20.2 Å². The van der Waals surface area contributed by atoms with Gasteiger partial charge in [-0.3, -0.25) is 0 Å². The Morgan fingerprint density at radius 2 is 2.00 bits per heavy atom. The molecule has 4 heteroatoms. The highest BCUT2D eigenvalue weighted by Crippen LogP contribution is 2.29. The lowest BCUT2D eigenvalue weighted by atomic mass is 10.2. The van der Waals surface area contributed by atoms with Gasteiger partial charge in [0.2, 0.25) is 0 Å². The Hall–Kier alpha value is -1.00. The van der Waals surface area contributed by atoms with Crippen LogP contribution in [0.15, 0.2) is 29.2 Å². The molecule has 0 atom stereocenters. The topological polar surface area (TPSA) is 29.5 Å². The third-order valence-corrected chi connectivity index (χ3v) is 3.76. The summed E-state index contributed by atoms with van der Waals surface area (Å²) in [5.41, 5.74) is 0.655. The number of rotatable bonds is 3. The normalized spacial score (nSPS) is 16.3. The number of esters is 1. The fourth-order valence-corrected chi connectivity index (χ4v) is 2.85. The predicted molar refractivity (Wildman–Crippen MR) is 64.4 cm³/mol. The van der Waals surface area contributed by atoms with Crippen LogP contribution >= 0.6 is 11.9 Å². The summed E-state index contributed by atoms with van der Waals surface area (Å²) < 4.78 is 7.06. The third-order valence-electron chi connectivity index (χ3n) is 2.58. The average molecular weight is 237 g/mol. The molecule has 1 aliphatic heterocycles. The molecule has 86 valence electrons. The number of carbonyl (C=O) groups excluding carboxylic acids is 1. The summed E-state index contributed by atoms with van der Waals surface area (Å²) in [6.07, 6.45) is 2.49. The summed E-state index contributed by atoms with van der Waals surface area (Å²) in [6.45, 7) is 2.19. The van der Waals surface area contributed by atoms with Crippen LogP contribution in [0, 0.1) is 0 Å². The fraction of sp³-hybridized carbons (Fsp3) is 0.417. The maximum Gasteiger partial charge on any atom is 0.339 e. The Morgan fingerprint density at radius 3 is 2.69 bits per heavy atom. The minimum Gasteiger partial charge on any atom is -0.465 e. The first-order valence-electron chi connectivity index (χ1n) is 5.41. The molecule has 1 saturated heterocycles. The van der Waals surface area contributed by atoms with Crippen LogP contribution in [0.25, 0.3) is 0 Å². The highest BCUT2D eigenvalue weighted by Gasteiger charge is 2.17. The van der Waals surface area contributed by atoms with Crippen LogP contribution < -0.4 is 0 Å². The third kappa shape index (κ3) is 2.57. The summed E-state index contributed by atoms with van der Waals surface area (Å²) in [6, 6.07) is 7.59. The van der Waals surface area contributed by atoms with Gasteiger partial charge >= 0.3 is 5.97 Å². The van der Waals surface area contributed by atoms with Gasteiger partial charge in [-0.1, -0.05) is 12.1 Å². The molecule has 1 aromatic carbocycles. The number of nitrogens with zero attached hydrogens (tertiary/aromatic N) is 1. The molecule has 0 N–H and O–H groups in total. The van der Waals surface area contributed by atoms with Gasteiger partial charge in [0.05, 0.1) is 12.7 Å². The van der Waals surface area contributed by atoms with Crippen LogP contribution in [-0.2, 0) is 4.74 Å². The molecule has 0 amide bonds. The van der Waals surface area contributed by atoms with Crippen molar-refractivity contribution in [2.24, 2.45) is 0 Å². The molecule has 1 aliphatic rings. The smallest absolute Gasteiger partial charge is 0.339 e. The number of hydrogen-bond donors (Lipinski definition) is 0. The molecule has 2 rings (SSSR count). The maximum atomic E-state index is 11.6. The first-order chi connectivity index (χ1) is 7.81. The van der Waals surface area contributed by atoms with Crippen LogP contribution in [0.1, 0.15) is 23.2 Å². The Morgan fingerprint density at radius 1 is 1.31 bits per heavy atom. The van der Waals surface area contributed by atoms with E-state index >= 15 is 0 Å². The van der Waals surface area contributed by atoms with Crippen molar-refractivity contribution in [1.82, 2.24) is 4.31 Å². The lowest BCUT2D eigenvalue weighted by Crippen LogP contribution is -2.11. The molecule has 0 radical (unpaired) electrons. The van der Waals surface area contributed by atoms with Crippen LogP contribution in [-0.4, -0.2) is 30.5 Å². The Bertz CT molecular complexity index is 375. The van der Waals surface area contributed by atoms with Gasteiger partial charge < -0.3 is 4.74 Å². The number of ether oxygens (including phenoxy) is 1. The van der Waals surface area contributed by atoms with Crippen LogP contribution in [0.5, 0.6) is 0 Å². The molecule has 0 spiro atoms. The van der Waals surface area contributed by atoms with Crippen molar-refractivity contribution < 1.29 is 9.53 Å².